The molecule has 0 aliphatic heterocycles. The van der Waals surface area contributed by atoms with Crippen LogP contribution >= 0.6 is 0 Å². The summed E-state index contributed by atoms with van der Waals surface area (Å²) in [5, 5.41) is 12.9. The summed E-state index contributed by atoms with van der Waals surface area (Å²) in [5.74, 6) is -1.12. The monoisotopic (exact) mass is 291 g/mol. The van der Waals surface area contributed by atoms with E-state index in [0.717, 1.165) is 6.07 Å². The molecule has 0 radical (unpaired) electrons. The third kappa shape index (κ3) is 2.36. The number of fused-ring (bicyclic) bond motifs is 1. The SMILES string of the molecule is COCc1cc(-c2nc3c(C(=O)O)cc(F)cc3[nH]2)no1. The molecule has 0 fully saturated rings. The lowest BCUT2D eigenvalue weighted by molar-refractivity contribution is 0.0698. The van der Waals surface area contributed by atoms with Crippen molar-refractivity contribution in [2.45, 2.75) is 6.61 Å². The standard InChI is InChI=1S/C13H10FN3O4/c1-20-5-7-4-10(17-21-7)12-15-9-3-6(14)2-8(13(18)19)11(9)16-12/h2-4H,5H2,1H3,(H,15,16)(H,18,19). The first kappa shape index (κ1) is 13.3. The maximum atomic E-state index is 13.4. The summed E-state index contributed by atoms with van der Waals surface area (Å²) < 4.78 is 23.4. The number of hydrogen-bond donors (Lipinski definition) is 2. The predicted octanol–water partition coefficient (Wildman–Crippen LogP) is 2.20. The second-order valence-electron chi connectivity index (χ2n) is 4.35. The number of aromatic amines is 1. The number of H-pyrrole nitrogens is 1. The molecule has 0 saturated heterocycles. The summed E-state index contributed by atoms with van der Waals surface area (Å²) in [6.45, 7) is 0.252. The summed E-state index contributed by atoms with van der Waals surface area (Å²) in [6, 6.07) is 3.71. The summed E-state index contributed by atoms with van der Waals surface area (Å²) in [7, 11) is 1.52. The minimum absolute atomic E-state index is 0.162. The molecule has 8 heteroatoms. The molecule has 1 aromatic carbocycles. The predicted molar refractivity (Wildman–Crippen MR) is 69.2 cm³/mol. The Morgan fingerprint density at radius 1 is 1.48 bits per heavy atom. The van der Waals surface area contributed by atoms with E-state index in [1.54, 1.807) is 6.07 Å². The Hall–Kier alpha value is -2.74. The van der Waals surface area contributed by atoms with Crippen LogP contribution in [0.3, 0.4) is 0 Å². The van der Waals surface area contributed by atoms with Crippen LogP contribution in [0.5, 0.6) is 0 Å². The van der Waals surface area contributed by atoms with Crippen molar-refractivity contribution in [1.82, 2.24) is 15.1 Å². The summed E-state index contributed by atoms with van der Waals surface area (Å²) in [5.41, 5.74) is 0.608. The molecule has 0 saturated carbocycles. The van der Waals surface area contributed by atoms with Gasteiger partial charge in [-0.25, -0.2) is 14.2 Å². The maximum Gasteiger partial charge on any atom is 0.338 e. The average Bonchev–Trinajstić information content (AvgIpc) is 3.04. The van der Waals surface area contributed by atoms with Gasteiger partial charge in [0, 0.05) is 13.2 Å². The molecule has 2 aromatic heterocycles. The van der Waals surface area contributed by atoms with Gasteiger partial charge in [-0.2, -0.15) is 0 Å². The van der Waals surface area contributed by atoms with Gasteiger partial charge in [0.25, 0.3) is 0 Å². The molecule has 0 aliphatic rings. The molecule has 0 aliphatic carbocycles. The van der Waals surface area contributed by atoms with Crippen molar-refractivity contribution in [2.75, 3.05) is 7.11 Å². The molecule has 2 N–H and O–H groups in total. The normalized spacial score (nSPS) is 11.1. The number of ether oxygens (including phenoxy) is 1. The number of halogens is 1. The Morgan fingerprint density at radius 3 is 3.00 bits per heavy atom. The van der Waals surface area contributed by atoms with Crippen molar-refractivity contribution in [1.29, 1.82) is 0 Å². The van der Waals surface area contributed by atoms with Crippen LogP contribution in [0.2, 0.25) is 0 Å². The Bertz CT molecular complexity index is 824. The molecular formula is C13H10FN3O4. The van der Waals surface area contributed by atoms with E-state index in [1.165, 1.54) is 13.2 Å². The molecule has 0 unspecified atom stereocenters. The van der Waals surface area contributed by atoms with Gasteiger partial charge < -0.3 is 19.4 Å². The number of rotatable bonds is 4. The second kappa shape index (κ2) is 4.98. The van der Waals surface area contributed by atoms with E-state index < -0.39 is 11.8 Å². The van der Waals surface area contributed by atoms with Crippen molar-refractivity contribution < 1.29 is 23.6 Å². The molecule has 0 amide bonds. The van der Waals surface area contributed by atoms with Crippen LogP contribution in [-0.2, 0) is 11.3 Å². The highest BCUT2D eigenvalue weighted by molar-refractivity contribution is 6.01. The number of imidazole rings is 1. The number of carboxylic acids is 1. The summed E-state index contributed by atoms with van der Waals surface area (Å²) in [4.78, 5) is 18.1. The number of carbonyl (C=O) groups is 1. The lowest BCUT2D eigenvalue weighted by Crippen LogP contribution is -1.98. The van der Waals surface area contributed by atoms with Crippen molar-refractivity contribution in [3.05, 3.63) is 35.3 Å². The number of aromatic carboxylic acids is 1. The van der Waals surface area contributed by atoms with Gasteiger partial charge in [0.05, 0.1) is 11.1 Å². The van der Waals surface area contributed by atoms with Crippen LogP contribution < -0.4 is 0 Å². The Labute approximate surface area is 117 Å². The third-order valence-electron chi connectivity index (χ3n) is 2.87. The van der Waals surface area contributed by atoms with Gasteiger partial charge in [0.1, 0.15) is 23.6 Å². The molecule has 3 rings (SSSR count). The Balaban J connectivity index is 2.11. The van der Waals surface area contributed by atoms with Gasteiger partial charge in [-0.3, -0.25) is 0 Å². The first-order valence-electron chi connectivity index (χ1n) is 5.96. The van der Waals surface area contributed by atoms with E-state index in [9.17, 15) is 9.18 Å². The molecule has 0 spiro atoms. The molecule has 0 bridgehead atoms. The fourth-order valence-corrected chi connectivity index (χ4v) is 2.00. The van der Waals surface area contributed by atoms with Crippen molar-refractivity contribution in [2.24, 2.45) is 0 Å². The Kier molecular flexibility index (Phi) is 3.15. The zero-order valence-electron chi connectivity index (χ0n) is 10.9. The van der Waals surface area contributed by atoms with E-state index in [2.05, 4.69) is 15.1 Å². The minimum Gasteiger partial charge on any atom is -0.478 e. The molecule has 21 heavy (non-hydrogen) atoms. The number of aromatic nitrogens is 3. The van der Waals surface area contributed by atoms with Crippen LogP contribution in [0.4, 0.5) is 4.39 Å². The molecule has 108 valence electrons. The fraction of sp³-hybridized carbons (Fsp3) is 0.154. The van der Waals surface area contributed by atoms with Gasteiger partial charge >= 0.3 is 5.97 Å². The third-order valence-corrected chi connectivity index (χ3v) is 2.87. The Morgan fingerprint density at radius 2 is 2.29 bits per heavy atom. The number of methoxy groups -OCH3 is 1. The molecular weight excluding hydrogens is 281 g/mol. The zero-order valence-corrected chi connectivity index (χ0v) is 10.9. The van der Waals surface area contributed by atoms with Gasteiger partial charge in [-0.15, -0.1) is 0 Å². The van der Waals surface area contributed by atoms with Gasteiger partial charge in [-0.1, -0.05) is 5.16 Å². The molecule has 0 atom stereocenters. The van der Waals surface area contributed by atoms with Gasteiger partial charge in [-0.05, 0) is 12.1 Å². The van der Waals surface area contributed by atoms with Gasteiger partial charge in [0.2, 0.25) is 0 Å². The highest BCUT2D eigenvalue weighted by Crippen LogP contribution is 2.24. The van der Waals surface area contributed by atoms with Crippen LogP contribution in [0, 0.1) is 5.82 Å². The van der Waals surface area contributed by atoms with Crippen LogP contribution in [0.1, 0.15) is 16.1 Å². The van der Waals surface area contributed by atoms with E-state index in [1.807, 2.05) is 0 Å². The topological polar surface area (TPSA) is 101 Å². The smallest absolute Gasteiger partial charge is 0.338 e. The first-order chi connectivity index (χ1) is 10.1. The summed E-state index contributed by atoms with van der Waals surface area (Å²) in [6.07, 6.45) is 0. The molecule has 7 nitrogen and oxygen atoms in total. The number of hydrogen-bond acceptors (Lipinski definition) is 5. The zero-order chi connectivity index (χ0) is 15.0. The van der Waals surface area contributed by atoms with Crippen molar-refractivity contribution in [3.8, 4) is 11.5 Å². The molecule has 3 aromatic rings. The van der Waals surface area contributed by atoms with Gasteiger partial charge in [0.15, 0.2) is 11.6 Å². The van der Waals surface area contributed by atoms with E-state index in [0.29, 0.717) is 17.3 Å². The number of carboxylic acid groups (broad SMARTS) is 1. The second-order valence-corrected chi connectivity index (χ2v) is 4.35. The quantitative estimate of drug-likeness (QED) is 0.764. The summed E-state index contributed by atoms with van der Waals surface area (Å²) >= 11 is 0. The largest absolute Gasteiger partial charge is 0.478 e. The van der Waals surface area contributed by atoms with Crippen LogP contribution in [-0.4, -0.2) is 33.3 Å². The van der Waals surface area contributed by atoms with Crippen LogP contribution in [0.25, 0.3) is 22.6 Å². The van der Waals surface area contributed by atoms with Crippen molar-refractivity contribution >= 4 is 17.0 Å². The average molecular weight is 291 g/mol. The minimum atomic E-state index is -1.25. The van der Waals surface area contributed by atoms with Crippen LogP contribution in [0.15, 0.2) is 22.7 Å². The van der Waals surface area contributed by atoms with E-state index in [-0.39, 0.29) is 23.2 Å². The number of benzene rings is 1. The van der Waals surface area contributed by atoms with E-state index in [4.69, 9.17) is 14.4 Å². The molecule has 2 heterocycles. The highest BCUT2D eigenvalue weighted by atomic mass is 19.1. The van der Waals surface area contributed by atoms with E-state index >= 15 is 0 Å². The number of nitrogens with one attached hydrogen (secondary N) is 1. The lowest BCUT2D eigenvalue weighted by Gasteiger charge is -1.95. The number of nitrogens with zero attached hydrogens (tertiary/aromatic N) is 2. The first-order valence-corrected chi connectivity index (χ1v) is 5.96. The fourth-order valence-electron chi connectivity index (χ4n) is 2.00. The lowest BCUT2D eigenvalue weighted by atomic mass is 10.2. The van der Waals surface area contributed by atoms with Crippen molar-refractivity contribution in [3.63, 3.8) is 0 Å². The maximum absolute atomic E-state index is 13.4. The highest BCUT2D eigenvalue weighted by Gasteiger charge is 2.17.